The molecule has 0 spiro atoms. The summed E-state index contributed by atoms with van der Waals surface area (Å²) >= 11 is 0. The lowest BCUT2D eigenvalue weighted by Crippen LogP contribution is -2.35. The molecule has 0 unspecified atom stereocenters. The molecule has 1 aromatic heterocycles. The van der Waals surface area contributed by atoms with Gasteiger partial charge in [0, 0.05) is 12.1 Å². The molecule has 0 atom stereocenters. The summed E-state index contributed by atoms with van der Waals surface area (Å²) in [6, 6.07) is 4.31. The number of aromatic nitrogens is 1. The molecule has 0 radical (unpaired) electrons. The first-order valence-electron chi connectivity index (χ1n) is 6.24. The molecule has 0 bridgehead atoms. The van der Waals surface area contributed by atoms with E-state index in [1.807, 2.05) is 7.05 Å². The van der Waals surface area contributed by atoms with Crippen molar-refractivity contribution in [3.8, 4) is 0 Å². The van der Waals surface area contributed by atoms with Crippen LogP contribution in [0.4, 0.5) is 11.5 Å². The largest absolute Gasteiger partial charge is 0.386 e. The predicted molar refractivity (Wildman–Crippen MR) is 69.6 cm³/mol. The summed E-state index contributed by atoms with van der Waals surface area (Å²) in [5.41, 5.74) is 0.524. The molecular weight excluding hydrogens is 232 g/mol. The van der Waals surface area contributed by atoms with Crippen LogP contribution in [0.2, 0.25) is 0 Å². The molecular formula is C12H18N4O2. The standard InChI is InChI=1S/C12H18N4O2/c1-13-9-4-6-10(7-5-9)15-11-3-2-8-14-12(11)16(17)18/h2-3,8-10,13,15H,4-7H2,1H3. The van der Waals surface area contributed by atoms with Gasteiger partial charge in [0.1, 0.15) is 11.9 Å². The molecule has 18 heavy (non-hydrogen) atoms. The predicted octanol–water partition coefficient (Wildman–Crippen LogP) is 1.93. The third-order valence-electron chi connectivity index (χ3n) is 3.45. The van der Waals surface area contributed by atoms with Gasteiger partial charge in [-0.25, -0.2) is 0 Å². The summed E-state index contributed by atoms with van der Waals surface area (Å²) < 4.78 is 0. The topological polar surface area (TPSA) is 80.1 Å². The average molecular weight is 250 g/mol. The molecule has 1 heterocycles. The van der Waals surface area contributed by atoms with Crippen LogP contribution in [0.25, 0.3) is 0 Å². The summed E-state index contributed by atoms with van der Waals surface area (Å²) in [7, 11) is 1.98. The van der Waals surface area contributed by atoms with E-state index >= 15 is 0 Å². The Kier molecular flexibility index (Phi) is 4.09. The van der Waals surface area contributed by atoms with Gasteiger partial charge in [-0.05, 0) is 54.8 Å². The number of hydrogen-bond donors (Lipinski definition) is 2. The van der Waals surface area contributed by atoms with Crippen molar-refractivity contribution in [3.63, 3.8) is 0 Å². The highest BCUT2D eigenvalue weighted by atomic mass is 16.6. The number of pyridine rings is 1. The second kappa shape index (κ2) is 5.77. The smallest absolute Gasteiger partial charge is 0.375 e. The fourth-order valence-electron chi connectivity index (χ4n) is 2.40. The van der Waals surface area contributed by atoms with Gasteiger partial charge in [0.2, 0.25) is 0 Å². The Bertz CT molecular complexity index is 416. The monoisotopic (exact) mass is 250 g/mol. The molecule has 0 saturated heterocycles. The van der Waals surface area contributed by atoms with E-state index in [0.717, 1.165) is 25.7 Å². The number of nitro groups is 1. The lowest BCUT2D eigenvalue weighted by Gasteiger charge is -2.29. The van der Waals surface area contributed by atoms with Gasteiger partial charge in [-0.1, -0.05) is 0 Å². The van der Waals surface area contributed by atoms with Crippen LogP contribution in [0.3, 0.4) is 0 Å². The van der Waals surface area contributed by atoms with Crippen LogP contribution in [0.1, 0.15) is 25.7 Å². The van der Waals surface area contributed by atoms with Gasteiger partial charge in [0.25, 0.3) is 0 Å². The summed E-state index contributed by atoms with van der Waals surface area (Å²) in [5.74, 6) is -0.0896. The lowest BCUT2D eigenvalue weighted by atomic mass is 9.91. The summed E-state index contributed by atoms with van der Waals surface area (Å²) in [4.78, 5) is 14.2. The summed E-state index contributed by atoms with van der Waals surface area (Å²) in [6.07, 6.45) is 5.70. The van der Waals surface area contributed by atoms with Crippen molar-refractivity contribution in [2.45, 2.75) is 37.8 Å². The Hall–Kier alpha value is -1.69. The molecule has 6 heteroatoms. The quantitative estimate of drug-likeness (QED) is 0.630. The molecule has 0 amide bonds. The Labute approximate surface area is 106 Å². The summed E-state index contributed by atoms with van der Waals surface area (Å²) in [6.45, 7) is 0. The van der Waals surface area contributed by atoms with Crippen molar-refractivity contribution in [2.75, 3.05) is 12.4 Å². The van der Waals surface area contributed by atoms with E-state index in [1.54, 1.807) is 12.1 Å². The van der Waals surface area contributed by atoms with Gasteiger partial charge >= 0.3 is 5.82 Å². The maximum absolute atomic E-state index is 10.9. The van der Waals surface area contributed by atoms with Crippen molar-refractivity contribution in [2.24, 2.45) is 0 Å². The molecule has 98 valence electrons. The van der Waals surface area contributed by atoms with E-state index in [9.17, 15) is 10.1 Å². The first-order chi connectivity index (χ1) is 8.70. The number of nitrogens with one attached hydrogen (secondary N) is 2. The van der Waals surface area contributed by atoms with Crippen LogP contribution in [0.15, 0.2) is 18.3 Å². The van der Waals surface area contributed by atoms with Crippen molar-refractivity contribution >= 4 is 11.5 Å². The SMILES string of the molecule is CNC1CCC(Nc2cccnc2[N+](=O)[O-])CC1. The van der Waals surface area contributed by atoms with Crippen LogP contribution < -0.4 is 10.6 Å². The van der Waals surface area contributed by atoms with Gasteiger partial charge in [-0.15, -0.1) is 0 Å². The second-order valence-electron chi connectivity index (χ2n) is 4.61. The maximum Gasteiger partial charge on any atom is 0.386 e. The van der Waals surface area contributed by atoms with Crippen molar-refractivity contribution < 1.29 is 4.92 Å². The minimum atomic E-state index is -0.443. The molecule has 1 saturated carbocycles. The molecule has 1 aliphatic rings. The Morgan fingerprint density at radius 3 is 2.61 bits per heavy atom. The van der Waals surface area contributed by atoms with E-state index in [4.69, 9.17) is 0 Å². The maximum atomic E-state index is 10.9. The summed E-state index contributed by atoms with van der Waals surface area (Å²) in [5, 5.41) is 17.4. The van der Waals surface area contributed by atoms with Crippen LogP contribution in [0, 0.1) is 10.1 Å². The van der Waals surface area contributed by atoms with E-state index in [2.05, 4.69) is 15.6 Å². The number of hydrogen-bond acceptors (Lipinski definition) is 5. The zero-order valence-electron chi connectivity index (χ0n) is 10.4. The fourth-order valence-corrected chi connectivity index (χ4v) is 2.40. The van der Waals surface area contributed by atoms with Crippen LogP contribution in [-0.2, 0) is 0 Å². The molecule has 0 aromatic carbocycles. The zero-order chi connectivity index (χ0) is 13.0. The molecule has 6 nitrogen and oxygen atoms in total. The van der Waals surface area contributed by atoms with Gasteiger partial charge in [-0.2, -0.15) is 0 Å². The molecule has 1 aliphatic carbocycles. The lowest BCUT2D eigenvalue weighted by molar-refractivity contribution is -0.388. The van der Waals surface area contributed by atoms with Gasteiger partial charge in [-0.3, -0.25) is 0 Å². The van der Waals surface area contributed by atoms with Crippen molar-refractivity contribution in [1.82, 2.24) is 10.3 Å². The van der Waals surface area contributed by atoms with Gasteiger partial charge in [0.05, 0.1) is 0 Å². The first kappa shape index (κ1) is 12.8. The highest BCUT2D eigenvalue weighted by Crippen LogP contribution is 2.26. The Balaban J connectivity index is 2.00. The van der Waals surface area contributed by atoms with Crippen LogP contribution >= 0.6 is 0 Å². The minimum Gasteiger partial charge on any atom is -0.375 e. The van der Waals surface area contributed by atoms with Crippen molar-refractivity contribution in [1.29, 1.82) is 0 Å². The Morgan fingerprint density at radius 2 is 2.00 bits per heavy atom. The van der Waals surface area contributed by atoms with E-state index < -0.39 is 4.92 Å². The molecule has 0 aliphatic heterocycles. The van der Waals surface area contributed by atoms with E-state index in [1.165, 1.54) is 6.20 Å². The number of anilines is 1. The minimum absolute atomic E-state index is 0.0896. The molecule has 2 rings (SSSR count). The third kappa shape index (κ3) is 2.95. The average Bonchev–Trinajstić information content (AvgIpc) is 2.40. The van der Waals surface area contributed by atoms with E-state index in [-0.39, 0.29) is 5.82 Å². The van der Waals surface area contributed by atoms with Crippen LogP contribution in [-0.4, -0.2) is 29.0 Å². The fraction of sp³-hybridized carbons (Fsp3) is 0.583. The van der Waals surface area contributed by atoms with Crippen molar-refractivity contribution in [3.05, 3.63) is 28.4 Å². The second-order valence-corrected chi connectivity index (χ2v) is 4.61. The van der Waals surface area contributed by atoms with Gasteiger partial charge < -0.3 is 20.7 Å². The van der Waals surface area contributed by atoms with Crippen LogP contribution in [0.5, 0.6) is 0 Å². The Morgan fingerprint density at radius 1 is 1.33 bits per heavy atom. The first-order valence-corrected chi connectivity index (χ1v) is 6.24. The molecule has 1 fully saturated rings. The normalized spacial score (nSPS) is 23.6. The van der Waals surface area contributed by atoms with Gasteiger partial charge in [0.15, 0.2) is 0 Å². The highest BCUT2D eigenvalue weighted by Gasteiger charge is 2.22. The van der Waals surface area contributed by atoms with E-state index in [0.29, 0.717) is 17.8 Å². The highest BCUT2D eigenvalue weighted by molar-refractivity contribution is 5.57. The number of rotatable bonds is 4. The molecule has 1 aromatic rings. The molecule has 2 N–H and O–H groups in total. The third-order valence-corrected chi connectivity index (χ3v) is 3.45. The zero-order valence-corrected chi connectivity index (χ0v) is 10.4. The number of nitrogens with zero attached hydrogens (tertiary/aromatic N) is 2.